The number of benzene rings is 2. The zero-order valence-electron chi connectivity index (χ0n) is 15.7. The van der Waals surface area contributed by atoms with Crippen molar-refractivity contribution in [2.45, 2.75) is 13.8 Å². The fraction of sp³-hybridized carbons (Fsp3) is 0.238. The molecule has 3 rings (SSSR count). The first-order valence-electron chi connectivity index (χ1n) is 8.89. The highest BCUT2D eigenvalue weighted by molar-refractivity contribution is 9.10. The number of likely N-dealkylation sites (N-methyl/N-ethyl adjacent to an activating group) is 1. The van der Waals surface area contributed by atoms with E-state index in [-0.39, 0.29) is 12.5 Å². The third-order valence-corrected chi connectivity index (χ3v) is 4.98. The van der Waals surface area contributed by atoms with Crippen molar-refractivity contribution in [3.05, 3.63) is 64.8 Å². The van der Waals surface area contributed by atoms with Crippen LogP contribution in [-0.4, -0.2) is 28.8 Å². The molecule has 0 bridgehead atoms. The van der Waals surface area contributed by atoms with Gasteiger partial charge in [0.2, 0.25) is 5.91 Å². The van der Waals surface area contributed by atoms with Crippen molar-refractivity contribution in [2.24, 2.45) is 7.05 Å². The van der Waals surface area contributed by atoms with Gasteiger partial charge in [0.1, 0.15) is 5.82 Å². The summed E-state index contributed by atoms with van der Waals surface area (Å²) in [4.78, 5) is 14.8. The van der Waals surface area contributed by atoms with Gasteiger partial charge in [-0.3, -0.25) is 9.48 Å². The minimum absolute atomic E-state index is 0.0675. The van der Waals surface area contributed by atoms with Crippen LogP contribution in [0.1, 0.15) is 12.6 Å². The summed E-state index contributed by atoms with van der Waals surface area (Å²) in [6, 6.07) is 18.0. The van der Waals surface area contributed by atoms with Crippen LogP contribution in [0.5, 0.6) is 0 Å². The van der Waals surface area contributed by atoms with Crippen molar-refractivity contribution < 1.29 is 4.79 Å². The Kier molecular flexibility index (Phi) is 5.96. The van der Waals surface area contributed by atoms with E-state index in [4.69, 9.17) is 0 Å². The average molecular weight is 427 g/mol. The monoisotopic (exact) mass is 426 g/mol. The molecule has 0 spiro atoms. The van der Waals surface area contributed by atoms with Gasteiger partial charge in [0.05, 0.1) is 12.2 Å². The lowest BCUT2D eigenvalue weighted by atomic mass is 10.1. The number of carbonyl (C=O) groups excluding carboxylic acids is 1. The Hall–Kier alpha value is -2.60. The normalized spacial score (nSPS) is 10.7. The first kappa shape index (κ1) is 19.2. The highest BCUT2D eigenvalue weighted by Gasteiger charge is 2.18. The Morgan fingerprint density at radius 1 is 1.15 bits per heavy atom. The van der Waals surface area contributed by atoms with Gasteiger partial charge in [0.25, 0.3) is 0 Å². The van der Waals surface area contributed by atoms with Gasteiger partial charge >= 0.3 is 0 Å². The van der Waals surface area contributed by atoms with Gasteiger partial charge in [-0.2, -0.15) is 5.10 Å². The molecule has 0 aliphatic rings. The summed E-state index contributed by atoms with van der Waals surface area (Å²) in [5.41, 5.74) is 3.88. The number of para-hydroxylation sites is 1. The van der Waals surface area contributed by atoms with Crippen LogP contribution in [-0.2, 0) is 11.8 Å². The molecule has 2 aromatic carbocycles. The van der Waals surface area contributed by atoms with E-state index < -0.39 is 0 Å². The maximum absolute atomic E-state index is 12.8. The fourth-order valence-corrected chi connectivity index (χ4v) is 3.40. The van der Waals surface area contributed by atoms with Crippen molar-refractivity contribution in [1.82, 2.24) is 9.78 Å². The van der Waals surface area contributed by atoms with Crippen molar-refractivity contribution in [3.63, 3.8) is 0 Å². The molecule has 0 saturated heterocycles. The predicted octanol–water partition coefficient (Wildman–Crippen LogP) is 4.62. The standard InChI is InChI=1S/C21H23BrN4O/c1-4-26(18-8-6-5-7-9-18)14-19(27)23-21-20(15(2)24-25(21)3)16-10-12-17(22)13-11-16/h5-13H,4,14H2,1-3H3,(H,23,27). The number of aryl methyl sites for hydroxylation is 2. The quantitative estimate of drug-likeness (QED) is 0.625. The molecule has 27 heavy (non-hydrogen) atoms. The minimum atomic E-state index is -0.0675. The van der Waals surface area contributed by atoms with Crippen LogP contribution in [0.15, 0.2) is 59.1 Å². The molecule has 1 heterocycles. The summed E-state index contributed by atoms with van der Waals surface area (Å²) in [5, 5.41) is 7.55. The Balaban J connectivity index is 1.83. The second kappa shape index (κ2) is 8.39. The minimum Gasteiger partial charge on any atom is -0.362 e. The number of anilines is 2. The summed E-state index contributed by atoms with van der Waals surface area (Å²) in [6.45, 7) is 5.03. The third-order valence-electron chi connectivity index (χ3n) is 4.45. The Labute approximate surface area is 168 Å². The lowest BCUT2D eigenvalue weighted by Crippen LogP contribution is -2.33. The molecule has 0 unspecified atom stereocenters. The maximum Gasteiger partial charge on any atom is 0.245 e. The van der Waals surface area contributed by atoms with Crippen LogP contribution >= 0.6 is 15.9 Å². The summed E-state index contributed by atoms with van der Waals surface area (Å²) in [6.07, 6.45) is 0. The van der Waals surface area contributed by atoms with Gasteiger partial charge in [-0.25, -0.2) is 0 Å². The van der Waals surface area contributed by atoms with Gasteiger partial charge in [-0.15, -0.1) is 0 Å². The topological polar surface area (TPSA) is 50.2 Å². The molecule has 6 heteroatoms. The molecule has 5 nitrogen and oxygen atoms in total. The SMILES string of the molecule is CCN(CC(=O)Nc1c(-c2ccc(Br)cc2)c(C)nn1C)c1ccccc1. The molecule has 140 valence electrons. The second-order valence-electron chi connectivity index (χ2n) is 6.34. The van der Waals surface area contributed by atoms with Crippen LogP contribution in [0.3, 0.4) is 0 Å². The number of aromatic nitrogens is 2. The van der Waals surface area contributed by atoms with Crippen molar-refractivity contribution in [1.29, 1.82) is 0 Å². The average Bonchev–Trinajstić information content (AvgIpc) is 2.94. The van der Waals surface area contributed by atoms with Crippen LogP contribution in [0.2, 0.25) is 0 Å². The first-order chi connectivity index (χ1) is 13.0. The summed E-state index contributed by atoms with van der Waals surface area (Å²) < 4.78 is 2.74. The fourth-order valence-electron chi connectivity index (χ4n) is 3.13. The van der Waals surface area contributed by atoms with Crippen LogP contribution in [0, 0.1) is 6.92 Å². The van der Waals surface area contributed by atoms with Gasteiger partial charge in [-0.1, -0.05) is 46.3 Å². The number of hydrogen-bond acceptors (Lipinski definition) is 3. The van der Waals surface area contributed by atoms with Crippen molar-refractivity contribution >= 4 is 33.3 Å². The molecule has 0 aliphatic carbocycles. The molecule has 0 radical (unpaired) electrons. The zero-order valence-corrected chi connectivity index (χ0v) is 17.3. The molecule has 0 atom stereocenters. The number of carbonyl (C=O) groups is 1. The zero-order chi connectivity index (χ0) is 19.4. The number of hydrogen-bond donors (Lipinski definition) is 1. The molecule has 1 aromatic heterocycles. The van der Waals surface area contributed by atoms with E-state index in [1.807, 2.05) is 80.4 Å². The van der Waals surface area contributed by atoms with Crippen LogP contribution in [0.25, 0.3) is 11.1 Å². The van der Waals surface area contributed by atoms with E-state index in [1.165, 1.54) is 0 Å². The molecule has 3 aromatic rings. The molecular formula is C21H23BrN4O. The molecule has 1 N–H and O–H groups in total. The van der Waals surface area contributed by atoms with E-state index in [2.05, 4.69) is 26.3 Å². The second-order valence-corrected chi connectivity index (χ2v) is 7.25. The Morgan fingerprint density at radius 2 is 1.81 bits per heavy atom. The molecular weight excluding hydrogens is 404 g/mol. The number of rotatable bonds is 6. The van der Waals surface area contributed by atoms with E-state index >= 15 is 0 Å². The summed E-state index contributed by atoms with van der Waals surface area (Å²) >= 11 is 3.46. The molecule has 0 aliphatic heterocycles. The first-order valence-corrected chi connectivity index (χ1v) is 9.68. The summed E-state index contributed by atoms with van der Waals surface area (Å²) in [7, 11) is 1.85. The predicted molar refractivity (Wildman–Crippen MR) is 114 cm³/mol. The number of nitrogens with one attached hydrogen (secondary N) is 1. The van der Waals surface area contributed by atoms with Gasteiger partial charge < -0.3 is 10.2 Å². The molecule has 1 amide bonds. The maximum atomic E-state index is 12.8. The molecule has 0 fully saturated rings. The largest absolute Gasteiger partial charge is 0.362 e. The van der Waals surface area contributed by atoms with E-state index in [1.54, 1.807) is 4.68 Å². The van der Waals surface area contributed by atoms with E-state index in [0.717, 1.165) is 33.5 Å². The van der Waals surface area contributed by atoms with Crippen LogP contribution < -0.4 is 10.2 Å². The smallest absolute Gasteiger partial charge is 0.245 e. The van der Waals surface area contributed by atoms with Gasteiger partial charge in [-0.05, 0) is 43.7 Å². The van der Waals surface area contributed by atoms with Gasteiger partial charge in [0.15, 0.2) is 0 Å². The number of nitrogens with zero attached hydrogens (tertiary/aromatic N) is 3. The third kappa shape index (κ3) is 4.39. The van der Waals surface area contributed by atoms with Crippen molar-refractivity contribution in [3.8, 4) is 11.1 Å². The van der Waals surface area contributed by atoms with E-state index in [9.17, 15) is 4.79 Å². The van der Waals surface area contributed by atoms with Crippen molar-refractivity contribution in [2.75, 3.05) is 23.3 Å². The lowest BCUT2D eigenvalue weighted by Gasteiger charge is -2.22. The highest BCUT2D eigenvalue weighted by Crippen LogP contribution is 2.31. The van der Waals surface area contributed by atoms with E-state index in [0.29, 0.717) is 5.82 Å². The number of amides is 1. The lowest BCUT2D eigenvalue weighted by molar-refractivity contribution is -0.115. The highest BCUT2D eigenvalue weighted by atomic mass is 79.9. The van der Waals surface area contributed by atoms with Gasteiger partial charge in [0, 0.05) is 29.3 Å². The Bertz CT molecular complexity index is 919. The Morgan fingerprint density at radius 3 is 2.44 bits per heavy atom. The summed E-state index contributed by atoms with van der Waals surface area (Å²) in [5.74, 6) is 0.644. The van der Waals surface area contributed by atoms with Crippen LogP contribution in [0.4, 0.5) is 11.5 Å². The molecule has 0 saturated carbocycles. The number of halogens is 1.